The average molecular weight is 258 g/mol. The molecule has 2 amide bonds. The molecule has 1 atom stereocenters. The Hall–Kier alpha value is -1.30. The van der Waals surface area contributed by atoms with Gasteiger partial charge in [-0.15, -0.1) is 0 Å². The lowest BCUT2D eigenvalue weighted by molar-refractivity contribution is -0.148. The van der Waals surface area contributed by atoms with Crippen molar-refractivity contribution in [3.8, 4) is 0 Å². The number of urea groups is 1. The third kappa shape index (κ3) is 4.91. The first-order valence-electron chi connectivity index (χ1n) is 6.43. The summed E-state index contributed by atoms with van der Waals surface area (Å²) in [4.78, 5) is 24.4. The van der Waals surface area contributed by atoms with Crippen LogP contribution >= 0.6 is 0 Å². The molecule has 1 aliphatic heterocycles. The molecule has 0 saturated carbocycles. The second kappa shape index (κ2) is 7.92. The maximum absolute atomic E-state index is 11.9. The number of hydrogen-bond donors (Lipinski definition) is 2. The summed E-state index contributed by atoms with van der Waals surface area (Å²) < 4.78 is 4.76. The first-order valence-corrected chi connectivity index (χ1v) is 6.43. The topological polar surface area (TPSA) is 78.9 Å². The number of rotatable bonds is 4. The fraction of sp³-hybridized carbons (Fsp3) is 0.833. The summed E-state index contributed by atoms with van der Waals surface area (Å²) in [6, 6.07) is -0.194. The molecule has 1 unspecified atom stereocenters. The predicted octanol–water partition coefficient (Wildman–Crippen LogP) is 1.06. The molecule has 0 aromatic heterocycles. The zero-order valence-corrected chi connectivity index (χ0v) is 10.9. The fourth-order valence-electron chi connectivity index (χ4n) is 2.01. The quantitative estimate of drug-likeness (QED) is 0.790. The van der Waals surface area contributed by atoms with E-state index in [0.29, 0.717) is 0 Å². The van der Waals surface area contributed by atoms with Gasteiger partial charge in [-0.25, -0.2) is 9.59 Å². The SMILES string of the molecule is COC(CNC(=O)N1CCCCCCC1)C(=O)O. The van der Waals surface area contributed by atoms with Crippen molar-refractivity contribution < 1.29 is 19.4 Å². The molecular weight excluding hydrogens is 236 g/mol. The smallest absolute Gasteiger partial charge is 0.334 e. The number of aliphatic carboxylic acids is 1. The van der Waals surface area contributed by atoms with E-state index in [1.54, 1.807) is 4.90 Å². The maximum Gasteiger partial charge on any atom is 0.334 e. The molecular formula is C12H22N2O4. The van der Waals surface area contributed by atoms with Crippen LogP contribution in [-0.4, -0.2) is 54.9 Å². The third-order valence-corrected chi connectivity index (χ3v) is 3.14. The molecule has 2 N–H and O–H groups in total. The van der Waals surface area contributed by atoms with Crippen molar-refractivity contribution >= 4 is 12.0 Å². The molecule has 6 nitrogen and oxygen atoms in total. The summed E-state index contributed by atoms with van der Waals surface area (Å²) in [7, 11) is 1.32. The molecule has 0 spiro atoms. The van der Waals surface area contributed by atoms with Gasteiger partial charge in [0.05, 0.1) is 6.54 Å². The van der Waals surface area contributed by atoms with Gasteiger partial charge in [-0.3, -0.25) is 0 Å². The monoisotopic (exact) mass is 258 g/mol. The number of hydrogen-bond acceptors (Lipinski definition) is 3. The van der Waals surface area contributed by atoms with Crippen LogP contribution in [0.5, 0.6) is 0 Å². The Morgan fingerprint density at radius 3 is 2.28 bits per heavy atom. The summed E-state index contributed by atoms with van der Waals surface area (Å²) in [5.41, 5.74) is 0. The highest BCUT2D eigenvalue weighted by Crippen LogP contribution is 2.10. The minimum absolute atomic E-state index is 0.00116. The number of likely N-dealkylation sites (tertiary alicyclic amines) is 1. The predicted molar refractivity (Wildman–Crippen MR) is 66.5 cm³/mol. The van der Waals surface area contributed by atoms with E-state index in [-0.39, 0.29) is 12.6 Å². The molecule has 0 aliphatic carbocycles. The molecule has 0 radical (unpaired) electrons. The van der Waals surface area contributed by atoms with Gasteiger partial charge in [0.1, 0.15) is 0 Å². The Balaban J connectivity index is 2.35. The molecule has 0 aromatic rings. The van der Waals surface area contributed by atoms with Crippen molar-refractivity contribution in [3.63, 3.8) is 0 Å². The number of carbonyl (C=O) groups is 2. The van der Waals surface area contributed by atoms with Gasteiger partial charge in [0.25, 0.3) is 0 Å². The van der Waals surface area contributed by atoms with Crippen molar-refractivity contribution in [2.45, 2.75) is 38.2 Å². The van der Waals surface area contributed by atoms with E-state index < -0.39 is 12.1 Å². The molecule has 1 rings (SSSR count). The molecule has 0 bridgehead atoms. The second-order valence-electron chi connectivity index (χ2n) is 4.50. The highest BCUT2D eigenvalue weighted by atomic mass is 16.5. The Morgan fingerprint density at radius 1 is 1.22 bits per heavy atom. The molecule has 6 heteroatoms. The third-order valence-electron chi connectivity index (χ3n) is 3.14. The van der Waals surface area contributed by atoms with E-state index in [4.69, 9.17) is 9.84 Å². The number of carboxylic acids is 1. The fourth-order valence-corrected chi connectivity index (χ4v) is 2.01. The van der Waals surface area contributed by atoms with Crippen LogP contribution in [0.4, 0.5) is 4.79 Å². The molecule has 1 saturated heterocycles. The van der Waals surface area contributed by atoms with Crippen LogP contribution in [0.3, 0.4) is 0 Å². The number of amides is 2. The first-order chi connectivity index (χ1) is 8.65. The van der Waals surface area contributed by atoms with Gasteiger partial charge in [0, 0.05) is 20.2 Å². The standard InChI is InChI=1S/C12H22N2O4/c1-18-10(11(15)16)9-13-12(17)14-7-5-3-2-4-6-8-14/h10H,2-9H2,1H3,(H,13,17)(H,15,16). The van der Waals surface area contributed by atoms with Crippen molar-refractivity contribution in [2.24, 2.45) is 0 Å². The average Bonchev–Trinajstić information content (AvgIpc) is 2.28. The zero-order chi connectivity index (χ0) is 13.4. The van der Waals surface area contributed by atoms with Crippen LogP contribution in [0.1, 0.15) is 32.1 Å². The Morgan fingerprint density at radius 2 is 1.78 bits per heavy atom. The largest absolute Gasteiger partial charge is 0.479 e. The van der Waals surface area contributed by atoms with E-state index >= 15 is 0 Å². The minimum Gasteiger partial charge on any atom is -0.479 e. The second-order valence-corrected chi connectivity index (χ2v) is 4.50. The van der Waals surface area contributed by atoms with Crippen molar-refractivity contribution in [1.29, 1.82) is 0 Å². The van der Waals surface area contributed by atoms with Gasteiger partial charge in [-0.05, 0) is 12.8 Å². The van der Waals surface area contributed by atoms with Crippen molar-refractivity contribution in [2.75, 3.05) is 26.7 Å². The highest BCUT2D eigenvalue weighted by molar-refractivity contribution is 5.77. The van der Waals surface area contributed by atoms with E-state index in [1.165, 1.54) is 13.5 Å². The summed E-state index contributed by atoms with van der Waals surface area (Å²) in [6.45, 7) is 1.49. The molecule has 1 aliphatic rings. The number of carbonyl (C=O) groups excluding carboxylic acids is 1. The van der Waals surface area contributed by atoms with E-state index in [0.717, 1.165) is 38.8 Å². The summed E-state index contributed by atoms with van der Waals surface area (Å²) in [5, 5.41) is 11.4. The van der Waals surface area contributed by atoms with Crippen LogP contribution in [0.2, 0.25) is 0 Å². The van der Waals surface area contributed by atoms with Crippen LogP contribution in [-0.2, 0) is 9.53 Å². The molecule has 0 aromatic carbocycles. The molecule has 18 heavy (non-hydrogen) atoms. The van der Waals surface area contributed by atoms with Gasteiger partial charge in [0.15, 0.2) is 6.10 Å². The summed E-state index contributed by atoms with van der Waals surface area (Å²) in [6.07, 6.45) is 4.59. The van der Waals surface area contributed by atoms with Gasteiger partial charge < -0.3 is 20.1 Å². The Labute approximate surface area is 107 Å². The lowest BCUT2D eigenvalue weighted by Crippen LogP contribution is -2.45. The van der Waals surface area contributed by atoms with Crippen LogP contribution in [0.15, 0.2) is 0 Å². The van der Waals surface area contributed by atoms with E-state index in [1.807, 2.05) is 0 Å². The Bertz CT molecular complexity index is 275. The van der Waals surface area contributed by atoms with E-state index in [9.17, 15) is 9.59 Å². The van der Waals surface area contributed by atoms with Crippen LogP contribution in [0.25, 0.3) is 0 Å². The number of methoxy groups -OCH3 is 1. The molecule has 1 fully saturated rings. The van der Waals surface area contributed by atoms with Crippen molar-refractivity contribution in [1.82, 2.24) is 10.2 Å². The Kier molecular flexibility index (Phi) is 6.49. The first kappa shape index (κ1) is 14.8. The number of nitrogens with zero attached hydrogens (tertiary/aromatic N) is 1. The summed E-state index contributed by atoms with van der Waals surface area (Å²) >= 11 is 0. The lowest BCUT2D eigenvalue weighted by atomic mass is 10.1. The van der Waals surface area contributed by atoms with Gasteiger partial charge in [0.2, 0.25) is 0 Å². The zero-order valence-electron chi connectivity index (χ0n) is 10.9. The van der Waals surface area contributed by atoms with Gasteiger partial charge >= 0.3 is 12.0 Å². The molecule has 104 valence electrons. The number of nitrogens with one attached hydrogen (secondary N) is 1. The minimum atomic E-state index is -1.06. The lowest BCUT2D eigenvalue weighted by Gasteiger charge is -2.25. The van der Waals surface area contributed by atoms with Gasteiger partial charge in [-0.2, -0.15) is 0 Å². The normalized spacial score (nSPS) is 18.6. The highest BCUT2D eigenvalue weighted by Gasteiger charge is 2.20. The van der Waals surface area contributed by atoms with E-state index in [2.05, 4.69) is 5.32 Å². The van der Waals surface area contributed by atoms with Crippen LogP contribution in [0, 0.1) is 0 Å². The number of ether oxygens (including phenoxy) is 1. The van der Waals surface area contributed by atoms with Gasteiger partial charge in [-0.1, -0.05) is 19.3 Å². The number of carboxylic acid groups (broad SMARTS) is 1. The van der Waals surface area contributed by atoms with Crippen molar-refractivity contribution in [3.05, 3.63) is 0 Å². The van der Waals surface area contributed by atoms with Crippen LogP contribution < -0.4 is 5.32 Å². The molecule has 1 heterocycles. The summed E-state index contributed by atoms with van der Waals surface area (Å²) in [5.74, 6) is -1.06. The maximum atomic E-state index is 11.9.